The van der Waals surface area contributed by atoms with Gasteiger partial charge in [0.25, 0.3) is 0 Å². The van der Waals surface area contributed by atoms with Crippen LogP contribution in [0.5, 0.6) is 0 Å². The zero-order valence-corrected chi connectivity index (χ0v) is 23.3. The number of nitrogens with one attached hydrogen (secondary N) is 2. The van der Waals surface area contributed by atoms with Gasteiger partial charge in [-0.3, -0.25) is 9.59 Å². The molecule has 216 valence electrons. The van der Waals surface area contributed by atoms with Gasteiger partial charge < -0.3 is 25.1 Å². The first kappa shape index (κ1) is 34.1. The van der Waals surface area contributed by atoms with Gasteiger partial charge >= 0.3 is 6.18 Å². The predicted octanol–water partition coefficient (Wildman–Crippen LogP) is 5.13. The Bertz CT molecular complexity index is 1020. The third kappa shape index (κ3) is 13.6. The summed E-state index contributed by atoms with van der Waals surface area (Å²) >= 11 is 5.67. The third-order valence-corrected chi connectivity index (χ3v) is 5.61. The number of hydrogen-bond acceptors (Lipinski definition) is 5. The number of amides is 2. The van der Waals surface area contributed by atoms with Gasteiger partial charge in [0.2, 0.25) is 12.3 Å². The van der Waals surface area contributed by atoms with Gasteiger partial charge in [0, 0.05) is 26.6 Å². The van der Waals surface area contributed by atoms with Gasteiger partial charge in [-0.05, 0) is 49.3 Å². The highest BCUT2D eigenvalue weighted by Crippen LogP contribution is 2.38. The van der Waals surface area contributed by atoms with Crippen molar-refractivity contribution in [2.24, 2.45) is 0 Å². The smallest absolute Gasteiger partial charge is 0.380 e. The van der Waals surface area contributed by atoms with Gasteiger partial charge in [-0.25, -0.2) is 0 Å². The van der Waals surface area contributed by atoms with E-state index in [2.05, 4.69) is 10.6 Å². The summed E-state index contributed by atoms with van der Waals surface area (Å²) in [5.41, 5.74) is 1.27. The van der Waals surface area contributed by atoms with Crippen LogP contribution in [0.3, 0.4) is 0 Å². The summed E-state index contributed by atoms with van der Waals surface area (Å²) in [5.74, 6) is -0.310. The van der Waals surface area contributed by atoms with Crippen LogP contribution in [-0.2, 0) is 45.0 Å². The first-order valence-corrected chi connectivity index (χ1v) is 12.9. The van der Waals surface area contributed by atoms with Crippen molar-refractivity contribution in [3.63, 3.8) is 0 Å². The lowest BCUT2D eigenvalue weighted by Crippen LogP contribution is -2.32. The van der Waals surface area contributed by atoms with E-state index in [1.165, 1.54) is 35.8 Å². The molecule has 2 aromatic rings. The second kappa shape index (κ2) is 18.4. The number of hydrogen-bond donors (Lipinski definition) is 2. The summed E-state index contributed by atoms with van der Waals surface area (Å²) in [6.45, 7) is 0.932. The fourth-order valence-electron chi connectivity index (χ4n) is 3.27. The lowest BCUT2D eigenvalue weighted by atomic mass is 10.1. The number of carbonyl (C=O) groups excluding carboxylic acids is 3. The Morgan fingerprint density at radius 1 is 1.08 bits per heavy atom. The van der Waals surface area contributed by atoms with E-state index in [1.807, 2.05) is 44.4 Å². The normalized spacial score (nSPS) is 13.7. The van der Waals surface area contributed by atoms with Crippen molar-refractivity contribution in [2.45, 2.75) is 64.0 Å². The van der Waals surface area contributed by atoms with Crippen LogP contribution in [0.2, 0.25) is 5.02 Å². The van der Waals surface area contributed by atoms with Crippen molar-refractivity contribution in [3.8, 4) is 0 Å². The highest BCUT2D eigenvalue weighted by Gasteiger charge is 2.35. The largest absolute Gasteiger partial charge is 0.417 e. The van der Waals surface area contributed by atoms with Crippen LogP contribution in [0.1, 0.15) is 54.4 Å². The number of benzene rings is 2. The molecular weight excluding hydrogens is 535 g/mol. The molecule has 2 aromatic carbocycles. The molecule has 0 saturated heterocycles. The molecule has 11 heteroatoms. The molecule has 0 bridgehead atoms. The molecule has 1 heterocycles. The van der Waals surface area contributed by atoms with Crippen LogP contribution in [0.25, 0.3) is 0 Å². The first-order valence-electron chi connectivity index (χ1n) is 12.5. The van der Waals surface area contributed by atoms with Crippen LogP contribution in [0.15, 0.2) is 42.5 Å². The van der Waals surface area contributed by atoms with Crippen LogP contribution in [-0.4, -0.2) is 50.8 Å². The topological polar surface area (TPSA) is 87.7 Å². The lowest BCUT2D eigenvalue weighted by Gasteiger charge is -2.16. The minimum absolute atomic E-state index is 0.00189. The molecule has 1 aliphatic carbocycles. The quantitative estimate of drug-likeness (QED) is 0.429. The average Bonchev–Trinajstić information content (AvgIpc) is 3.73. The summed E-state index contributed by atoms with van der Waals surface area (Å²) in [4.78, 5) is 34.5. The zero-order chi connectivity index (χ0) is 29.3. The average molecular weight is 572 g/mol. The molecule has 39 heavy (non-hydrogen) atoms. The number of methoxy groups -OCH3 is 1. The molecule has 7 nitrogen and oxygen atoms in total. The number of rotatable bonds is 8. The van der Waals surface area contributed by atoms with E-state index in [-0.39, 0.29) is 31.8 Å². The summed E-state index contributed by atoms with van der Waals surface area (Å²) in [7, 11) is 5.45. The van der Waals surface area contributed by atoms with Crippen molar-refractivity contribution in [3.05, 3.63) is 69.7 Å². The molecule has 0 spiro atoms. The zero-order valence-electron chi connectivity index (χ0n) is 22.5. The fraction of sp³-hybridized carbons (Fsp3) is 0.464. The fourth-order valence-corrected chi connectivity index (χ4v) is 3.56. The summed E-state index contributed by atoms with van der Waals surface area (Å²) in [5, 5.41) is 4.62. The van der Waals surface area contributed by atoms with Crippen LogP contribution >= 0.6 is 11.6 Å². The second-order valence-corrected chi connectivity index (χ2v) is 9.30. The molecule has 1 saturated carbocycles. The molecule has 1 unspecified atom stereocenters. The van der Waals surface area contributed by atoms with E-state index < -0.39 is 22.8 Å². The van der Waals surface area contributed by atoms with Crippen molar-refractivity contribution in [1.29, 1.82) is 0 Å². The number of carbonyl (C=O) groups is 3. The van der Waals surface area contributed by atoms with E-state index in [1.54, 1.807) is 7.11 Å². The van der Waals surface area contributed by atoms with Crippen molar-refractivity contribution >= 4 is 30.2 Å². The minimum atomic E-state index is -4.55. The second-order valence-electron chi connectivity index (χ2n) is 8.89. The third-order valence-electron chi connectivity index (χ3n) is 5.29. The molecular formula is C28H37ClF3N3O4. The highest BCUT2D eigenvalue weighted by atomic mass is 35.5. The van der Waals surface area contributed by atoms with Crippen LogP contribution in [0, 0.1) is 0 Å². The summed E-state index contributed by atoms with van der Waals surface area (Å²) in [6.07, 6.45) is 0.966. The van der Waals surface area contributed by atoms with Gasteiger partial charge in [0.05, 0.1) is 23.2 Å². The number of alkyl halides is 3. The maximum Gasteiger partial charge on any atom is 0.417 e. The number of aldehydes is 1. The number of nitrogens with zero attached hydrogens (tertiary/aromatic N) is 1. The van der Waals surface area contributed by atoms with Crippen molar-refractivity contribution < 1.29 is 32.3 Å². The Morgan fingerprint density at radius 3 is 2.10 bits per heavy atom. The molecule has 1 aliphatic heterocycles. The number of halogens is 4. The Labute approximate surface area is 233 Å². The first-order chi connectivity index (χ1) is 18.6. The summed E-state index contributed by atoms with van der Waals surface area (Å²) < 4.78 is 43.5. The Balaban J connectivity index is 0.000000411. The minimum Gasteiger partial charge on any atom is -0.380 e. The Kier molecular flexibility index (Phi) is 16.0. The molecule has 4 rings (SSSR count). The molecule has 1 atom stereocenters. The maximum atomic E-state index is 12.9. The van der Waals surface area contributed by atoms with E-state index in [0.717, 1.165) is 6.07 Å². The number of ether oxygens (including phenoxy) is 1. The van der Waals surface area contributed by atoms with Gasteiger partial charge in [-0.1, -0.05) is 61.2 Å². The molecule has 2 amide bonds. The maximum absolute atomic E-state index is 12.9. The summed E-state index contributed by atoms with van der Waals surface area (Å²) in [6, 6.07) is 11.5. The van der Waals surface area contributed by atoms with E-state index >= 15 is 0 Å². The van der Waals surface area contributed by atoms with Gasteiger partial charge in [-0.2, -0.15) is 13.2 Å². The van der Waals surface area contributed by atoms with Gasteiger partial charge in [0.15, 0.2) is 0 Å². The standard InChI is InChI=1S/C15H14ClF3N2O3.C8H10O.C3H6.C2H7N/c16-13-4-10-6-21(5-9(10)3-12(13)15(17,18)19)14(24)2-1-11(7-22)20-8-23;1-9-7-8-5-3-2-4-6-8;1-2-3-1;1-3-2/h3-4,7-8,11H,1-2,5-6H2,(H,20,23);2-6H,7H2,1H3;1-3H2;3H,1-2H3. The highest BCUT2D eigenvalue weighted by molar-refractivity contribution is 6.31. The van der Waals surface area contributed by atoms with Crippen molar-refractivity contribution in [2.75, 3.05) is 21.2 Å². The Hall–Kier alpha value is -2.95. The van der Waals surface area contributed by atoms with Gasteiger partial charge in [-0.15, -0.1) is 0 Å². The monoisotopic (exact) mass is 571 g/mol. The molecule has 1 fully saturated rings. The molecule has 2 N–H and O–H groups in total. The van der Waals surface area contributed by atoms with E-state index in [9.17, 15) is 27.6 Å². The SMILES string of the molecule is C1CC1.CNC.COCc1ccccc1.O=CNC(C=O)CCC(=O)N1Cc2cc(Cl)c(C(F)(F)F)cc2C1. The Morgan fingerprint density at radius 2 is 1.64 bits per heavy atom. The molecule has 2 aliphatic rings. The van der Waals surface area contributed by atoms with Crippen LogP contribution in [0.4, 0.5) is 13.2 Å². The lowest BCUT2D eigenvalue weighted by molar-refractivity contribution is -0.137. The van der Waals surface area contributed by atoms with Crippen molar-refractivity contribution in [1.82, 2.24) is 15.5 Å². The van der Waals surface area contributed by atoms with Gasteiger partial charge in [0.1, 0.15) is 6.29 Å². The predicted molar refractivity (Wildman–Crippen MR) is 145 cm³/mol. The molecule has 0 radical (unpaired) electrons. The number of fused-ring (bicyclic) bond motifs is 1. The van der Waals surface area contributed by atoms with E-state index in [4.69, 9.17) is 16.3 Å². The molecule has 0 aromatic heterocycles. The van der Waals surface area contributed by atoms with E-state index in [0.29, 0.717) is 30.4 Å². The van der Waals surface area contributed by atoms with Crippen LogP contribution < -0.4 is 10.6 Å².